The maximum absolute atomic E-state index is 12.3. The second-order valence-electron chi connectivity index (χ2n) is 8.35. The Hall–Kier alpha value is -2.20. The van der Waals surface area contributed by atoms with Gasteiger partial charge in [0.2, 0.25) is 0 Å². The lowest BCUT2D eigenvalue weighted by atomic mass is 10.1. The topological polar surface area (TPSA) is 103 Å². The van der Waals surface area contributed by atoms with Crippen molar-refractivity contribution in [2.24, 2.45) is 0 Å². The van der Waals surface area contributed by atoms with Crippen LogP contribution < -0.4 is 10.6 Å². The summed E-state index contributed by atoms with van der Waals surface area (Å²) in [6.07, 6.45) is -5.51. The molecular formula is C18H31F3N2O6. The van der Waals surface area contributed by atoms with Gasteiger partial charge in [-0.2, -0.15) is 13.2 Å². The average Bonchev–Trinajstić information content (AvgIpc) is 2.46. The molecule has 0 saturated heterocycles. The molecule has 0 radical (unpaired) electrons. The first kappa shape index (κ1) is 26.8. The van der Waals surface area contributed by atoms with E-state index in [1.807, 2.05) is 0 Å². The minimum absolute atomic E-state index is 0.00588. The summed E-state index contributed by atoms with van der Waals surface area (Å²) in [4.78, 5) is 35.3. The molecule has 0 aliphatic rings. The highest BCUT2D eigenvalue weighted by atomic mass is 19.4. The highest BCUT2D eigenvalue weighted by molar-refractivity contribution is 5.81. The molecule has 0 saturated carbocycles. The van der Waals surface area contributed by atoms with Gasteiger partial charge < -0.3 is 24.8 Å². The van der Waals surface area contributed by atoms with E-state index in [-0.39, 0.29) is 13.0 Å². The van der Waals surface area contributed by atoms with Crippen molar-refractivity contribution in [1.29, 1.82) is 0 Å². The summed E-state index contributed by atoms with van der Waals surface area (Å²) in [5.41, 5.74) is -1.49. The summed E-state index contributed by atoms with van der Waals surface area (Å²) in [6.45, 7) is 8.43. The Labute approximate surface area is 168 Å². The van der Waals surface area contributed by atoms with Crippen LogP contribution in [0.15, 0.2) is 0 Å². The minimum Gasteiger partial charge on any atom is -0.455 e. The highest BCUT2D eigenvalue weighted by Gasteiger charge is 2.32. The van der Waals surface area contributed by atoms with E-state index >= 15 is 0 Å². The molecule has 29 heavy (non-hydrogen) atoms. The largest absolute Gasteiger partial charge is 0.455 e. The summed E-state index contributed by atoms with van der Waals surface area (Å²) >= 11 is 0. The van der Waals surface area contributed by atoms with Gasteiger partial charge in [-0.05, 0) is 60.8 Å². The zero-order chi connectivity index (χ0) is 22.9. The van der Waals surface area contributed by atoms with E-state index in [1.54, 1.807) is 41.5 Å². The quantitative estimate of drug-likeness (QED) is 0.347. The van der Waals surface area contributed by atoms with Crippen LogP contribution in [0, 0.1) is 0 Å². The fourth-order valence-corrected chi connectivity index (χ4v) is 1.93. The molecule has 0 aromatic rings. The molecule has 0 aromatic carbocycles. The molecule has 11 heteroatoms. The second-order valence-corrected chi connectivity index (χ2v) is 8.35. The fourth-order valence-electron chi connectivity index (χ4n) is 1.93. The first-order valence-corrected chi connectivity index (χ1v) is 9.18. The molecule has 0 aliphatic carbocycles. The maximum atomic E-state index is 12.3. The van der Waals surface area contributed by atoms with Gasteiger partial charge in [-0.1, -0.05) is 0 Å². The van der Waals surface area contributed by atoms with Crippen LogP contribution in [0.2, 0.25) is 0 Å². The molecule has 0 unspecified atom stereocenters. The van der Waals surface area contributed by atoms with Gasteiger partial charge in [0, 0.05) is 6.54 Å². The van der Waals surface area contributed by atoms with Crippen LogP contribution in [0.5, 0.6) is 0 Å². The van der Waals surface area contributed by atoms with Crippen LogP contribution in [0.4, 0.5) is 22.8 Å². The third kappa shape index (κ3) is 16.5. The lowest BCUT2D eigenvalue weighted by Gasteiger charge is -2.23. The maximum Gasteiger partial charge on any atom is 0.422 e. The van der Waals surface area contributed by atoms with Gasteiger partial charge in [0.05, 0.1) is 0 Å². The minimum atomic E-state index is -4.68. The van der Waals surface area contributed by atoms with Crippen LogP contribution in [0.3, 0.4) is 0 Å². The van der Waals surface area contributed by atoms with Crippen LogP contribution in [-0.4, -0.2) is 54.7 Å². The van der Waals surface area contributed by atoms with E-state index in [0.717, 1.165) is 0 Å². The van der Waals surface area contributed by atoms with Crippen molar-refractivity contribution in [3.63, 3.8) is 0 Å². The van der Waals surface area contributed by atoms with Crippen LogP contribution in [0.1, 0.15) is 60.8 Å². The van der Waals surface area contributed by atoms with Crippen molar-refractivity contribution in [1.82, 2.24) is 10.6 Å². The van der Waals surface area contributed by atoms with Crippen molar-refractivity contribution in [2.75, 3.05) is 13.2 Å². The molecule has 0 aliphatic heterocycles. The molecule has 170 valence electrons. The van der Waals surface area contributed by atoms with Gasteiger partial charge in [0.1, 0.15) is 17.2 Å². The molecule has 2 N–H and O–H groups in total. The number of hydrogen-bond donors (Lipinski definition) is 2. The predicted molar refractivity (Wildman–Crippen MR) is 98.3 cm³/mol. The van der Waals surface area contributed by atoms with Crippen molar-refractivity contribution in [2.45, 2.75) is 84.2 Å². The molecule has 0 heterocycles. The van der Waals surface area contributed by atoms with E-state index < -0.39 is 48.2 Å². The molecule has 1 atom stereocenters. The number of unbranched alkanes of at least 4 members (excludes halogenated alkanes) is 1. The zero-order valence-corrected chi connectivity index (χ0v) is 17.7. The molecule has 0 fully saturated rings. The van der Waals surface area contributed by atoms with Crippen molar-refractivity contribution >= 4 is 18.2 Å². The highest BCUT2D eigenvalue weighted by Crippen LogP contribution is 2.16. The van der Waals surface area contributed by atoms with Crippen molar-refractivity contribution in [3.8, 4) is 0 Å². The molecule has 0 rings (SSSR count). The van der Waals surface area contributed by atoms with Gasteiger partial charge in [0.15, 0.2) is 6.61 Å². The van der Waals surface area contributed by atoms with Crippen LogP contribution >= 0.6 is 0 Å². The van der Waals surface area contributed by atoms with E-state index in [4.69, 9.17) is 9.47 Å². The van der Waals surface area contributed by atoms with E-state index in [9.17, 15) is 27.6 Å². The van der Waals surface area contributed by atoms with Crippen molar-refractivity contribution < 1.29 is 41.8 Å². The Balaban J connectivity index is 4.60. The Kier molecular flexibility index (Phi) is 10.3. The normalized spacial score (nSPS) is 13.3. The summed E-state index contributed by atoms with van der Waals surface area (Å²) in [7, 11) is 0. The number of carbonyl (C=O) groups is 3. The lowest BCUT2D eigenvalue weighted by molar-refractivity contribution is -0.187. The molecule has 0 bridgehead atoms. The lowest BCUT2D eigenvalue weighted by Crippen LogP contribution is -2.45. The number of alkyl carbamates (subject to hydrolysis) is 2. The first-order valence-electron chi connectivity index (χ1n) is 9.18. The molecule has 0 aromatic heterocycles. The Bertz CT molecular complexity index is 553. The predicted octanol–water partition coefficient (Wildman–Crippen LogP) is 3.68. The zero-order valence-electron chi connectivity index (χ0n) is 17.7. The van der Waals surface area contributed by atoms with Gasteiger partial charge in [0.25, 0.3) is 0 Å². The summed E-state index contributed by atoms with van der Waals surface area (Å²) in [5.74, 6) is -1.21. The third-order valence-corrected chi connectivity index (χ3v) is 2.94. The molecular weight excluding hydrogens is 397 g/mol. The standard InChI is InChI=1S/C18H31F3N2O6/c1-16(2,3)28-14(25)22-10-8-7-9-12(13(24)27-11-18(19,20)21)23-15(26)29-17(4,5)6/h12H,7-11H2,1-6H3,(H,22,25)(H,23,26)/t12-/m0/s1. The van der Waals surface area contributed by atoms with Crippen LogP contribution in [-0.2, 0) is 19.0 Å². The summed E-state index contributed by atoms with van der Waals surface area (Å²) in [5, 5.41) is 4.75. The van der Waals surface area contributed by atoms with Gasteiger partial charge >= 0.3 is 24.3 Å². The smallest absolute Gasteiger partial charge is 0.422 e. The van der Waals surface area contributed by atoms with E-state index in [2.05, 4.69) is 15.4 Å². The average molecular weight is 428 g/mol. The number of amides is 2. The summed E-state index contributed by atoms with van der Waals surface area (Å²) < 4.78 is 51.1. The number of nitrogens with one attached hydrogen (secondary N) is 2. The summed E-state index contributed by atoms with van der Waals surface area (Å²) in [6, 6.07) is -1.31. The fraction of sp³-hybridized carbons (Fsp3) is 0.833. The monoisotopic (exact) mass is 428 g/mol. The number of hydrogen-bond acceptors (Lipinski definition) is 6. The molecule has 8 nitrogen and oxygen atoms in total. The number of halogens is 3. The van der Waals surface area contributed by atoms with Gasteiger partial charge in [-0.25, -0.2) is 14.4 Å². The Morgan fingerprint density at radius 3 is 1.86 bits per heavy atom. The van der Waals surface area contributed by atoms with Crippen molar-refractivity contribution in [3.05, 3.63) is 0 Å². The Morgan fingerprint density at radius 2 is 1.38 bits per heavy atom. The number of esters is 1. The van der Waals surface area contributed by atoms with Gasteiger partial charge in [-0.3, -0.25) is 0 Å². The molecule has 0 spiro atoms. The SMILES string of the molecule is CC(C)(C)OC(=O)NCCCC[C@H](NC(=O)OC(C)(C)C)C(=O)OCC(F)(F)F. The van der Waals surface area contributed by atoms with Crippen LogP contribution in [0.25, 0.3) is 0 Å². The second kappa shape index (κ2) is 11.1. The molecule has 2 amide bonds. The van der Waals surface area contributed by atoms with Gasteiger partial charge in [-0.15, -0.1) is 0 Å². The number of rotatable bonds is 8. The number of carbonyl (C=O) groups excluding carboxylic acids is 3. The van der Waals surface area contributed by atoms with E-state index in [0.29, 0.717) is 12.8 Å². The number of alkyl halides is 3. The third-order valence-electron chi connectivity index (χ3n) is 2.94. The first-order chi connectivity index (χ1) is 13.0. The Morgan fingerprint density at radius 1 is 0.862 bits per heavy atom. The number of ether oxygens (including phenoxy) is 3. The van der Waals surface area contributed by atoms with E-state index in [1.165, 1.54) is 0 Å².